The first kappa shape index (κ1) is 18.1. The number of thioether (sulfide) groups is 2. The lowest BCUT2D eigenvalue weighted by Crippen LogP contribution is -2.14. The third-order valence-electron chi connectivity index (χ3n) is 4.73. The number of methoxy groups -OCH3 is 1. The number of carbonyl (C=O) groups excluding carboxylic acids is 1. The first-order valence-corrected chi connectivity index (χ1v) is 10.9. The van der Waals surface area contributed by atoms with E-state index < -0.39 is 0 Å². The predicted molar refractivity (Wildman–Crippen MR) is 110 cm³/mol. The third kappa shape index (κ3) is 3.37. The topological polar surface area (TPSA) is 57.0 Å². The minimum absolute atomic E-state index is 0.240. The maximum Gasteiger partial charge on any atom is 0.339 e. The van der Waals surface area contributed by atoms with Crippen molar-refractivity contribution in [1.82, 2.24) is 14.8 Å². The van der Waals surface area contributed by atoms with E-state index in [1.54, 1.807) is 22.8 Å². The lowest BCUT2D eigenvalue weighted by atomic mass is 9.91. The Hall–Kier alpha value is -2.25. The zero-order valence-corrected chi connectivity index (χ0v) is 16.8. The molecule has 0 unspecified atom stereocenters. The van der Waals surface area contributed by atoms with Gasteiger partial charge in [0.15, 0.2) is 0 Å². The Morgan fingerprint density at radius 3 is 2.74 bits per heavy atom. The Bertz CT molecular complexity index is 970. The summed E-state index contributed by atoms with van der Waals surface area (Å²) in [6, 6.07) is 10.4. The summed E-state index contributed by atoms with van der Waals surface area (Å²) >= 11 is 3.50. The van der Waals surface area contributed by atoms with E-state index in [1.165, 1.54) is 24.6 Å². The number of fused-ring (bicyclic) bond motifs is 1. The number of hydrogen-bond donors (Lipinski definition) is 0. The molecule has 27 heavy (non-hydrogen) atoms. The molecule has 7 heteroatoms. The van der Waals surface area contributed by atoms with Crippen LogP contribution in [-0.4, -0.2) is 39.9 Å². The third-order valence-corrected chi connectivity index (χ3v) is 6.47. The van der Waals surface area contributed by atoms with Gasteiger partial charge in [-0.3, -0.25) is 0 Å². The van der Waals surface area contributed by atoms with Crippen molar-refractivity contribution in [1.29, 1.82) is 0 Å². The smallest absolute Gasteiger partial charge is 0.339 e. The molecule has 4 rings (SSSR count). The van der Waals surface area contributed by atoms with Gasteiger partial charge < -0.3 is 4.74 Å². The van der Waals surface area contributed by atoms with Crippen molar-refractivity contribution in [2.24, 2.45) is 0 Å². The highest BCUT2D eigenvalue weighted by Crippen LogP contribution is 2.40. The van der Waals surface area contributed by atoms with Gasteiger partial charge in [0.25, 0.3) is 0 Å². The first-order valence-electron chi connectivity index (χ1n) is 8.57. The van der Waals surface area contributed by atoms with Gasteiger partial charge in [0.1, 0.15) is 12.7 Å². The molecule has 3 aromatic rings. The van der Waals surface area contributed by atoms with Crippen molar-refractivity contribution in [2.75, 3.05) is 19.1 Å². The van der Waals surface area contributed by atoms with Crippen molar-refractivity contribution in [3.63, 3.8) is 0 Å². The van der Waals surface area contributed by atoms with Crippen LogP contribution in [0.5, 0.6) is 0 Å². The lowest BCUT2D eigenvalue weighted by molar-refractivity contribution is 0.0595. The molecule has 0 atom stereocenters. The predicted octanol–water partition coefficient (Wildman–Crippen LogP) is 4.23. The van der Waals surface area contributed by atoms with Gasteiger partial charge in [0, 0.05) is 10.6 Å². The van der Waals surface area contributed by atoms with Gasteiger partial charge in [-0.05, 0) is 58.9 Å². The molecule has 0 N–H and O–H groups in total. The Labute approximate surface area is 166 Å². The number of benzene rings is 2. The van der Waals surface area contributed by atoms with Crippen LogP contribution in [-0.2, 0) is 16.9 Å². The molecule has 0 fully saturated rings. The average Bonchev–Trinajstić information content (AvgIpc) is 3.27. The number of aromatic nitrogens is 3. The number of hydrogen-bond acceptors (Lipinski definition) is 6. The van der Waals surface area contributed by atoms with Crippen molar-refractivity contribution in [3.05, 3.63) is 59.7 Å². The van der Waals surface area contributed by atoms with Crippen LogP contribution >= 0.6 is 23.5 Å². The van der Waals surface area contributed by atoms with E-state index in [-0.39, 0.29) is 5.97 Å². The van der Waals surface area contributed by atoms with E-state index in [0.717, 1.165) is 45.2 Å². The summed E-state index contributed by atoms with van der Waals surface area (Å²) in [5.74, 6) is 1.70. The van der Waals surface area contributed by atoms with E-state index in [9.17, 15) is 4.79 Å². The van der Waals surface area contributed by atoms with Crippen LogP contribution < -0.4 is 0 Å². The second-order valence-electron chi connectivity index (χ2n) is 6.14. The summed E-state index contributed by atoms with van der Waals surface area (Å²) in [6.07, 6.45) is 6.11. The highest BCUT2D eigenvalue weighted by Gasteiger charge is 2.25. The highest BCUT2D eigenvalue weighted by molar-refractivity contribution is 7.99. The molecule has 0 bridgehead atoms. The molecule has 5 nitrogen and oxygen atoms in total. The fraction of sp³-hybridized carbons (Fsp3) is 0.250. The van der Waals surface area contributed by atoms with Crippen LogP contribution in [0.25, 0.3) is 16.8 Å². The van der Waals surface area contributed by atoms with Gasteiger partial charge in [-0.1, -0.05) is 12.1 Å². The summed E-state index contributed by atoms with van der Waals surface area (Å²) in [4.78, 5) is 17.4. The number of esters is 1. The molecule has 0 saturated heterocycles. The van der Waals surface area contributed by atoms with Gasteiger partial charge in [-0.2, -0.15) is 16.9 Å². The minimum atomic E-state index is -0.240. The van der Waals surface area contributed by atoms with Crippen LogP contribution in [0.3, 0.4) is 0 Å². The Morgan fingerprint density at radius 2 is 2.07 bits per heavy atom. The number of nitrogens with zero attached hydrogens (tertiary/aromatic N) is 3. The lowest BCUT2D eigenvalue weighted by Gasteiger charge is -2.24. The van der Waals surface area contributed by atoms with Crippen LogP contribution in [0, 0.1) is 0 Å². The quantitative estimate of drug-likeness (QED) is 0.485. The fourth-order valence-corrected chi connectivity index (χ4v) is 5.09. The molecule has 0 spiro atoms. The second kappa shape index (κ2) is 7.78. The van der Waals surface area contributed by atoms with E-state index in [4.69, 9.17) is 4.74 Å². The van der Waals surface area contributed by atoms with Crippen molar-refractivity contribution in [2.45, 2.75) is 17.1 Å². The molecule has 0 aliphatic carbocycles. The van der Waals surface area contributed by atoms with Crippen LogP contribution in [0.4, 0.5) is 0 Å². The molecule has 0 amide bonds. The highest BCUT2D eigenvalue weighted by atomic mass is 32.2. The summed E-state index contributed by atoms with van der Waals surface area (Å²) in [5, 5.41) is 4.17. The van der Waals surface area contributed by atoms with E-state index in [2.05, 4.69) is 28.3 Å². The first-order chi connectivity index (χ1) is 13.2. The summed E-state index contributed by atoms with van der Waals surface area (Å²) in [7, 11) is 1.45. The second-order valence-corrected chi connectivity index (χ2v) is 8.09. The van der Waals surface area contributed by atoms with Gasteiger partial charge in [-0.15, -0.1) is 11.8 Å². The molecule has 2 heterocycles. The van der Waals surface area contributed by atoms with E-state index in [0.29, 0.717) is 0 Å². The molecule has 138 valence electrons. The van der Waals surface area contributed by atoms with Crippen molar-refractivity contribution in [3.8, 4) is 16.8 Å². The summed E-state index contributed by atoms with van der Waals surface area (Å²) in [6.45, 7) is 0. The zero-order chi connectivity index (χ0) is 18.8. The van der Waals surface area contributed by atoms with Crippen LogP contribution in [0.1, 0.15) is 21.5 Å². The molecule has 0 saturated carbocycles. The standard InChI is InChI=1S/C20H19N3O2S2/c1-25-20(24)19-15-7-8-27-10-17(15)16(9-18(19)26-2)13-3-5-14(6-4-13)23-12-21-11-22-23/h3-6,9,11-12H,7-8,10H2,1-2H3. The SMILES string of the molecule is COC(=O)c1c(SC)cc(-c2ccc(-n3cncn3)cc2)c2c1CCSC2. The minimum Gasteiger partial charge on any atom is -0.465 e. The van der Waals surface area contributed by atoms with Gasteiger partial charge >= 0.3 is 5.97 Å². The number of rotatable bonds is 4. The molecular weight excluding hydrogens is 378 g/mol. The number of ether oxygens (including phenoxy) is 1. The molecule has 0 radical (unpaired) electrons. The van der Waals surface area contributed by atoms with E-state index in [1.807, 2.05) is 30.2 Å². The molecular formula is C20H19N3O2S2. The van der Waals surface area contributed by atoms with Crippen LogP contribution in [0.15, 0.2) is 47.9 Å². The van der Waals surface area contributed by atoms with Gasteiger partial charge in [0.05, 0.1) is 18.4 Å². The molecule has 1 aliphatic rings. The Kier molecular flexibility index (Phi) is 5.22. The van der Waals surface area contributed by atoms with Crippen LogP contribution in [0.2, 0.25) is 0 Å². The zero-order valence-electron chi connectivity index (χ0n) is 15.1. The normalized spacial score (nSPS) is 13.3. The average molecular weight is 398 g/mol. The monoisotopic (exact) mass is 397 g/mol. The fourth-order valence-electron chi connectivity index (χ4n) is 3.42. The largest absolute Gasteiger partial charge is 0.465 e. The summed E-state index contributed by atoms with van der Waals surface area (Å²) in [5.41, 5.74) is 6.43. The Balaban J connectivity index is 1.84. The van der Waals surface area contributed by atoms with Gasteiger partial charge in [-0.25, -0.2) is 14.5 Å². The Morgan fingerprint density at radius 1 is 1.26 bits per heavy atom. The summed E-state index contributed by atoms with van der Waals surface area (Å²) < 4.78 is 6.81. The number of carbonyl (C=O) groups is 1. The molecule has 2 aromatic carbocycles. The maximum atomic E-state index is 12.4. The molecule has 1 aliphatic heterocycles. The van der Waals surface area contributed by atoms with Gasteiger partial charge in [0.2, 0.25) is 0 Å². The van der Waals surface area contributed by atoms with Crippen molar-refractivity contribution < 1.29 is 9.53 Å². The van der Waals surface area contributed by atoms with Crippen molar-refractivity contribution >= 4 is 29.5 Å². The maximum absolute atomic E-state index is 12.4. The van der Waals surface area contributed by atoms with E-state index >= 15 is 0 Å². The molecule has 1 aromatic heterocycles.